The molecule has 1 aromatic heterocycles. The molecule has 0 saturated heterocycles. The van der Waals surface area contributed by atoms with Gasteiger partial charge < -0.3 is 5.32 Å². The third-order valence-corrected chi connectivity index (χ3v) is 7.79. The predicted octanol–water partition coefficient (Wildman–Crippen LogP) is 5.37. The number of sulfone groups is 1. The summed E-state index contributed by atoms with van der Waals surface area (Å²) in [5, 5.41) is 3.56. The lowest BCUT2D eigenvalue weighted by molar-refractivity contribution is -0.137. The molecule has 1 amide bonds. The summed E-state index contributed by atoms with van der Waals surface area (Å²) in [5.74, 6) is -0.670. The number of halogens is 4. The van der Waals surface area contributed by atoms with E-state index in [1.807, 2.05) is 0 Å². The fourth-order valence-corrected chi connectivity index (χ4v) is 5.63. The van der Waals surface area contributed by atoms with E-state index in [9.17, 15) is 26.4 Å². The summed E-state index contributed by atoms with van der Waals surface area (Å²) in [6, 6.07) is 12.7. The topological polar surface area (TPSA) is 63.2 Å². The molecule has 0 aliphatic carbocycles. The molecule has 0 bridgehead atoms. The number of hydrogen-bond acceptors (Lipinski definition) is 4. The molecule has 0 unspecified atom stereocenters. The summed E-state index contributed by atoms with van der Waals surface area (Å²) in [6.45, 7) is -0.245. The highest BCUT2D eigenvalue weighted by molar-refractivity contribution is 7.91. The summed E-state index contributed by atoms with van der Waals surface area (Å²) in [5.41, 5.74) is -0.877. The fraction of sp³-hybridized carbons (Fsp3) is 0.150. The molecule has 1 atom stereocenters. The van der Waals surface area contributed by atoms with Crippen LogP contribution in [0.5, 0.6) is 0 Å². The molecule has 0 saturated carbocycles. The first kappa shape index (κ1) is 22.3. The Bertz CT molecular complexity index is 1110. The Morgan fingerprint density at radius 2 is 1.67 bits per heavy atom. The summed E-state index contributed by atoms with van der Waals surface area (Å²) in [6.07, 6.45) is -4.51. The van der Waals surface area contributed by atoms with Crippen molar-refractivity contribution in [2.24, 2.45) is 0 Å². The van der Waals surface area contributed by atoms with Crippen LogP contribution < -0.4 is 5.32 Å². The lowest BCUT2D eigenvalue weighted by Gasteiger charge is -2.18. The van der Waals surface area contributed by atoms with E-state index in [2.05, 4.69) is 5.32 Å². The van der Waals surface area contributed by atoms with Gasteiger partial charge in [-0.15, -0.1) is 11.3 Å². The van der Waals surface area contributed by atoms with Crippen LogP contribution in [0.4, 0.5) is 13.2 Å². The van der Waals surface area contributed by atoms with Crippen LogP contribution in [0.3, 0.4) is 0 Å². The van der Waals surface area contributed by atoms with Crippen molar-refractivity contribution >= 4 is 38.7 Å². The number of amides is 1. The highest BCUT2D eigenvalue weighted by Crippen LogP contribution is 2.32. The molecule has 10 heteroatoms. The molecule has 158 valence electrons. The predicted molar refractivity (Wildman–Crippen MR) is 109 cm³/mol. The van der Waals surface area contributed by atoms with Gasteiger partial charge >= 0.3 is 6.18 Å². The normalized spacial score (nSPS) is 13.1. The third-order valence-electron chi connectivity index (χ3n) is 4.30. The molecule has 30 heavy (non-hydrogen) atoms. The first-order valence-corrected chi connectivity index (χ1v) is 11.4. The number of carbonyl (C=O) groups is 1. The molecular formula is C20H15ClF3NO3S2. The average Bonchev–Trinajstić information content (AvgIpc) is 3.22. The van der Waals surface area contributed by atoms with Crippen LogP contribution in [0.2, 0.25) is 5.02 Å². The van der Waals surface area contributed by atoms with Gasteiger partial charge in [-0.25, -0.2) is 8.42 Å². The molecule has 0 aliphatic rings. The Morgan fingerprint density at radius 3 is 2.20 bits per heavy atom. The maximum atomic E-state index is 13.1. The van der Waals surface area contributed by atoms with Crippen molar-refractivity contribution in [3.8, 4) is 0 Å². The van der Waals surface area contributed by atoms with E-state index >= 15 is 0 Å². The Balaban J connectivity index is 1.81. The minimum absolute atomic E-state index is 0.00294. The Morgan fingerprint density at radius 1 is 1.03 bits per heavy atom. The molecule has 1 N–H and O–H groups in total. The second-order valence-corrected chi connectivity index (χ2v) is 9.83. The van der Waals surface area contributed by atoms with E-state index in [1.54, 1.807) is 17.5 Å². The zero-order valence-corrected chi connectivity index (χ0v) is 17.6. The molecule has 0 aliphatic heterocycles. The van der Waals surface area contributed by atoms with Crippen LogP contribution in [-0.2, 0) is 16.0 Å². The zero-order chi connectivity index (χ0) is 21.9. The number of hydrogen-bond donors (Lipinski definition) is 1. The number of thiophene rings is 1. The molecular weight excluding hydrogens is 459 g/mol. The number of carbonyl (C=O) groups excluding carboxylic acids is 1. The van der Waals surface area contributed by atoms with E-state index in [1.165, 1.54) is 35.6 Å². The number of alkyl halides is 3. The van der Waals surface area contributed by atoms with Crippen LogP contribution >= 0.6 is 22.9 Å². The van der Waals surface area contributed by atoms with E-state index in [4.69, 9.17) is 11.6 Å². The van der Waals surface area contributed by atoms with Gasteiger partial charge in [-0.05, 0) is 60.0 Å². The Kier molecular flexibility index (Phi) is 6.54. The zero-order valence-electron chi connectivity index (χ0n) is 15.2. The Labute approximate surface area is 180 Å². The summed E-state index contributed by atoms with van der Waals surface area (Å²) >= 11 is 7.06. The van der Waals surface area contributed by atoms with Gasteiger partial charge in [0.05, 0.1) is 10.5 Å². The van der Waals surface area contributed by atoms with E-state index in [-0.39, 0.29) is 17.0 Å². The molecule has 0 fully saturated rings. The SMILES string of the molecule is O=C(NC[C@@H](c1cccs1)S(=O)(=O)c1ccc(Cl)cc1)c1ccc(C(F)(F)F)cc1. The highest BCUT2D eigenvalue weighted by atomic mass is 35.5. The molecule has 2 aromatic carbocycles. The highest BCUT2D eigenvalue weighted by Gasteiger charge is 2.32. The number of rotatable bonds is 6. The Hall–Kier alpha value is -2.36. The van der Waals surface area contributed by atoms with Crippen molar-refractivity contribution in [2.45, 2.75) is 16.3 Å². The molecule has 0 radical (unpaired) electrons. The first-order chi connectivity index (χ1) is 14.1. The second kappa shape index (κ2) is 8.79. The molecule has 3 aromatic rings. The van der Waals surface area contributed by atoms with Crippen LogP contribution in [0.25, 0.3) is 0 Å². The van der Waals surface area contributed by atoms with Crippen LogP contribution in [0.15, 0.2) is 70.9 Å². The molecule has 1 heterocycles. The van der Waals surface area contributed by atoms with Gasteiger partial charge in [-0.3, -0.25) is 4.79 Å². The maximum Gasteiger partial charge on any atom is 0.416 e. The average molecular weight is 474 g/mol. The maximum absolute atomic E-state index is 13.1. The second-order valence-electron chi connectivity index (χ2n) is 6.29. The van der Waals surface area contributed by atoms with Crippen molar-refractivity contribution in [3.05, 3.63) is 87.1 Å². The van der Waals surface area contributed by atoms with Gasteiger partial charge in [0, 0.05) is 22.0 Å². The van der Waals surface area contributed by atoms with Crippen LogP contribution in [0, 0.1) is 0 Å². The van der Waals surface area contributed by atoms with Gasteiger partial charge in [0.1, 0.15) is 5.25 Å². The van der Waals surface area contributed by atoms with Crippen molar-refractivity contribution in [2.75, 3.05) is 6.54 Å². The lowest BCUT2D eigenvalue weighted by atomic mass is 10.1. The van der Waals surface area contributed by atoms with Gasteiger partial charge in [-0.1, -0.05) is 17.7 Å². The molecule has 3 rings (SSSR count). The fourth-order valence-electron chi connectivity index (χ4n) is 2.72. The van der Waals surface area contributed by atoms with Gasteiger partial charge in [0.25, 0.3) is 5.91 Å². The van der Waals surface area contributed by atoms with Crippen molar-refractivity contribution < 1.29 is 26.4 Å². The molecule has 0 spiro atoms. The number of benzene rings is 2. The quantitative estimate of drug-likeness (QED) is 0.524. The first-order valence-electron chi connectivity index (χ1n) is 8.57. The van der Waals surface area contributed by atoms with Crippen molar-refractivity contribution in [1.82, 2.24) is 5.32 Å². The van der Waals surface area contributed by atoms with Gasteiger partial charge in [0.2, 0.25) is 0 Å². The lowest BCUT2D eigenvalue weighted by Crippen LogP contribution is -2.31. The largest absolute Gasteiger partial charge is 0.416 e. The van der Waals surface area contributed by atoms with E-state index < -0.39 is 32.7 Å². The standard InChI is InChI=1S/C20H15ClF3NO3S2/c21-15-7-9-16(10-8-15)30(27,28)18(17-2-1-11-29-17)12-25-19(26)13-3-5-14(6-4-13)20(22,23)24/h1-11,18H,12H2,(H,25,26)/t18-/m0/s1. The molecule has 4 nitrogen and oxygen atoms in total. The van der Waals surface area contributed by atoms with Gasteiger partial charge in [-0.2, -0.15) is 13.2 Å². The minimum atomic E-state index is -4.51. The minimum Gasteiger partial charge on any atom is -0.350 e. The van der Waals surface area contributed by atoms with E-state index in [0.717, 1.165) is 24.3 Å². The van der Waals surface area contributed by atoms with Crippen LogP contribution in [-0.4, -0.2) is 20.9 Å². The summed E-state index contributed by atoms with van der Waals surface area (Å²) in [4.78, 5) is 13.0. The summed E-state index contributed by atoms with van der Waals surface area (Å²) in [7, 11) is -3.86. The number of nitrogens with one attached hydrogen (secondary N) is 1. The monoisotopic (exact) mass is 473 g/mol. The van der Waals surface area contributed by atoms with Gasteiger partial charge in [0.15, 0.2) is 9.84 Å². The van der Waals surface area contributed by atoms with Crippen molar-refractivity contribution in [3.63, 3.8) is 0 Å². The van der Waals surface area contributed by atoms with E-state index in [0.29, 0.717) is 9.90 Å². The van der Waals surface area contributed by atoms with Crippen LogP contribution in [0.1, 0.15) is 26.0 Å². The van der Waals surface area contributed by atoms with Crippen molar-refractivity contribution in [1.29, 1.82) is 0 Å². The smallest absolute Gasteiger partial charge is 0.350 e. The third kappa shape index (κ3) is 5.03. The summed E-state index contributed by atoms with van der Waals surface area (Å²) < 4.78 is 64.3.